The lowest BCUT2D eigenvalue weighted by atomic mass is 10.1. The number of carbonyl (C=O) groups excluding carboxylic acids is 1. The van der Waals surface area contributed by atoms with E-state index >= 15 is 0 Å². The van der Waals surface area contributed by atoms with Gasteiger partial charge in [0.25, 0.3) is 0 Å². The van der Waals surface area contributed by atoms with Gasteiger partial charge in [-0.15, -0.1) is 0 Å². The average Bonchev–Trinajstić information content (AvgIpc) is 2.55. The molecule has 2 rings (SSSR count). The molecular formula is C19H21NO. The predicted molar refractivity (Wildman–Crippen MR) is 88.7 cm³/mol. The number of aryl methyl sites for hydroxylation is 2. The molecule has 108 valence electrons. The molecule has 2 aromatic rings. The molecule has 1 N–H and O–H groups in total. The number of benzene rings is 2. The fraction of sp³-hybridized carbons (Fsp3) is 0.211. The van der Waals surface area contributed by atoms with E-state index in [9.17, 15) is 4.79 Å². The molecule has 0 aromatic heterocycles. The number of nitrogens with one attached hydrogen (secondary N) is 1. The Morgan fingerprint density at radius 1 is 1.00 bits per heavy atom. The van der Waals surface area contributed by atoms with Gasteiger partial charge < -0.3 is 5.32 Å². The van der Waals surface area contributed by atoms with Crippen LogP contribution in [0.3, 0.4) is 0 Å². The van der Waals surface area contributed by atoms with Crippen molar-refractivity contribution in [2.75, 3.05) is 5.32 Å². The largest absolute Gasteiger partial charge is 0.361 e. The first-order valence-corrected chi connectivity index (χ1v) is 7.38. The van der Waals surface area contributed by atoms with Gasteiger partial charge >= 0.3 is 0 Å². The molecule has 0 spiro atoms. The Balaban J connectivity index is 2.01. The first kappa shape index (κ1) is 15.0. The highest BCUT2D eigenvalue weighted by Crippen LogP contribution is 2.15. The molecule has 0 saturated heterocycles. The number of hydrogen-bond acceptors (Lipinski definition) is 2. The van der Waals surface area contributed by atoms with Crippen molar-refractivity contribution < 1.29 is 4.79 Å². The molecule has 0 atom stereocenters. The minimum atomic E-state index is 0.0131. The quantitative estimate of drug-likeness (QED) is 0.617. The van der Waals surface area contributed by atoms with E-state index in [2.05, 4.69) is 25.2 Å². The van der Waals surface area contributed by atoms with Gasteiger partial charge in [-0.25, -0.2) is 0 Å². The smallest absolute Gasteiger partial charge is 0.187 e. The Hall–Kier alpha value is -2.35. The van der Waals surface area contributed by atoms with Gasteiger partial charge in [-0.05, 0) is 30.0 Å². The van der Waals surface area contributed by atoms with Crippen molar-refractivity contribution in [2.24, 2.45) is 0 Å². The lowest BCUT2D eigenvalue weighted by Crippen LogP contribution is -1.98. The molecule has 0 heterocycles. The first-order chi connectivity index (χ1) is 10.2. The van der Waals surface area contributed by atoms with Crippen molar-refractivity contribution >= 4 is 11.5 Å². The summed E-state index contributed by atoms with van der Waals surface area (Å²) in [6.07, 6.45) is 5.24. The van der Waals surface area contributed by atoms with Gasteiger partial charge in [0.1, 0.15) is 0 Å². The van der Waals surface area contributed by atoms with Crippen LogP contribution in [0.2, 0.25) is 0 Å². The molecule has 21 heavy (non-hydrogen) atoms. The van der Waals surface area contributed by atoms with Crippen molar-refractivity contribution in [3.05, 3.63) is 77.5 Å². The molecular weight excluding hydrogens is 258 g/mol. The summed E-state index contributed by atoms with van der Waals surface area (Å²) < 4.78 is 0. The summed E-state index contributed by atoms with van der Waals surface area (Å²) in [7, 11) is 0. The number of hydrogen-bond donors (Lipinski definition) is 1. The maximum atomic E-state index is 12.1. The zero-order valence-corrected chi connectivity index (χ0v) is 12.6. The minimum absolute atomic E-state index is 0.0131. The summed E-state index contributed by atoms with van der Waals surface area (Å²) in [5.74, 6) is 0.0131. The van der Waals surface area contributed by atoms with E-state index in [1.807, 2.05) is 42.5 Å². The molecule has 0 unspecified atom stereocenters. The highest BCUT2D eigenvalue weighted by Gasteiger charge is 2.01. The summed E-state index contributed by atoms with van der Waals surface area (Å²) in [6, 6.07) is 15.9. The van der Waals surface area contributed by atoms with Crippen LogP contribution in [0.1, 0.15) is 35.3 Å². The van der Waals surface area contributed by atoms with Gasteiger partial charge in [0, 0.05) is 23.5 Å². The van der Waals surface area contributed by atoms with Crippen molar-refractivity contribution in [1.82, 2.24) is 0 Å². The Kier molecular flexibility index (Phi) is 5.33. The first-order valence-electron chi connectivity index (χ1n) is 7.38. The zero-order valence-electron chi connectivity index (χ0n) is 12.6. The molecule has 0 aliphatic carbocycles. The van der Waals surface area contributed by atoms with E-state index in [4.69, 9.17) is 0 Å². The second-order valence-corrected chi connectivity index (χ2v) is 4.90. The predicted octanol–water partition coefficient (Wildman–Crippen LogP) is 4.62. The third-order valence-electron chi connectivity index (χ3n) is 3.52. The maximum Gasteiger partial charge on any atom is 0.187 e. The van der Waals surface area contributed by atoms with Crippen molar-refractivity contribution in [3.63, 3.8) is 0 Å². The van der Waals surface area contributed by atoms with Crippen molar-refractivity contribution in [3.8, 4) is 0 Å². The van der Waals surface area contributed by atoms with Crippen molar-refractivity contribution in [2.45, 2.75) is 26.7 Å². The fourth-order valence-electron chi connectivity index (χ4n) is 2.18. The highest BCUT2D eigenvalue weighted by molar-refractivity contribution is 6.04. The van der Waals surface area contributed by atoms with Gasteiger partial charge in [-0.1, -0.05) is 56.3 Å². The van der Waals surface area contributed by atoms with Gasteiger partial charge in [-0.3, -0.25) is 4.79 Å². The van der Waals surface area contributed by atoms with Crippen LogP contribution >= 0.6 is 0 Å². The fourth-order valence-corrected chi connectivity index (χ4v) is 2.18. The standard InChI is InChI=1S/C19H21NO/c1-3-15-9-11-17(12-10-15)19(21)13-14-20-18-8-6-5-7-16(18)4-2/h5-14,20H,3-4H2,1-2H3/b14-13+. The molecule has 0 bridgehead atoms. The molecule has 0 aliphatic heterocycles. The Bertz CT molecular complexity index is 626. The van der Waals surface area contributed by atoms with Crippen LogP contribution in [0.4, 0.5) is 5.69 Å². The third-order valence-corrected chi connectivity index (χ3v) is 3.52. The zero-order chi connectivity index (χ0) is 15.1. The number of para-hydroxylation sites is 1. The van der Waals surface area contributed by atoms with Crippen LogP contribution in [0, 0.1) is 0 Å². The molecule has 0 saturated carbocycles. The monoisotopic (exact) mass is 279 g/mol. The number of anilines is 1. The Labute approximate surface area is 126 Å². The number of allylic oxidation sites excluding steroid dienone is 1. The van der Waals surface area contributed by atoms with Gasteiger partial charge in [-0.2, -0.15) is 0 Å². The average molecular weight is 279 g/mol. The lowest BCUT2D eigenvalue weighted by Gasteiger charge is -2.06. The lowest BCUT2D eigenvalue weighted by molar-refractivity contribution is 0.104. The number of rotatable bonds is 6. The molecule has 0 amide bonds. The molecule has 2 nitrogen and oxygen atoms in total. The molecule has 2 aromatic carbocycles. The summed E-state index contributed by atoms with van der Waals surface area (Å²) in [5.41, 5.74) is 4.24. The Morgan fingerprint density at radius 2 is 1.71 bits per heavy atom. The van der Waals surface area contributed by atoms with Crippen molar-refractivity contribution in [1.29, 1.82) is 0 Å². The molecule has 0 radical (unpaired) electrons. The van der Waals surface area contributed by atoms with Gasteiger partial charge in [0.2, 0.25) is 0 Å². The minimum Gasteiger partial charge on any atom is -0.361 e. The van der Waals surface area contributed by atoms with E-state index < -0.39 is 0 Å². The van der Waals surface area contributed by atoms with Crippen LogP contribution in [-0.4, -0.2) is 5.78 Å². The summed E-state index contributed by atoms with van der Waals surface area (Å²) in [4.78, 5) is 12.1. The SMILES string of the molecule is CCc1ccc(C(=O)/C=C/Nc2ccccc2CC)cc1. The van der Waals surface area contributed by atoms with E-state index in [1.54, 1.807) is 12.3 Å². The summed E-state index contributed by atoms with van der Waals surface area (Å²) >= 11 is 0. The highest BCUT2D eigenvalue weighted by atomic mass is 16.1. The third kappa shape index (κ3) is 4.06. The molecule has 0 fully saturated rings. The van der Waals surface area contributed by atoms with E-state index in [1.165, 1.54) is 11.1 Å². The normalized spacial score (nSPS) is 10.8. The second-order valence-electron chi connectivity index (χ2n) is 4.90. The van der Waals surface area contributed by atoms with Crippen LogP contribution in [0.5, 0.6) is 0 Å². The Morgan fingerprint density at radius 3 is 2.38 bits per heavy atom. The molecule has 2 heteroatoms. The second kappa shape index (κ2) is 7.44. The van der Waals surface area contributed by atoms with Crippen LogP contribution in [-0.2, 0) is 12.8 Å². The number of carbonyl (C=O) groups is 1. The van der Waals surface area contributed by atoms with Gasteiger partial charge in [0.15, 0.2) is 5.78 Å². The van der Waals surface area contributed by atoms with Crippen LogP contribution < -0.4 is 5.32 Å². The topological polar surface area (TPSA) is 29.1 Å². The van der Waals surface area contributed by atoms with Crippen LogP contribution in [0.25, 0.3) is 0 Å². The summed E-state index contributed by atoms with van der Waals surface area (Å²) in [6.45, 7) is 4.22. The van der Waals surface area contributed by atoms with E-state index in [0.717, 1.165) is 18.5 Å². The van der Waals surface area contributed by atoms with E-state index in [-0.39, 0.29) is 5.78 Å². The van der Waals surface area contributed by atoms with Gasteiger partial charge in [0.05, 0.1) is 0 Å². The van der Waals surface area contributed by atoms with E-state index in [0.29, 0.717) is 5.56 Å². The number of ketones is 1. The summed E-state index contributed by atoms with van der Waals surface area (Å²) in [5, 5.41) is 3.19. The van der Waals surface area contributed by atoms with Crippen LogP contribution in [0.15, 0.2) is 60.8 Å². The molecule has 0 aliphatic rings. The maximum absolute atomic E-state index is 12.1.